The molecule has 1 amide bonds. The second kappa shape index (κ2) is 13.3. The Morgan fingerprint density at radius 3 is 2.81 bits per heavy atom. The zero-order valence-electron chi connectivity index (χ0n) is 28.6. The molecule has 0 aliphatic carbocycles. The maximum atomic E-state index is 17.2. The van der Waals surface area contributed by atoms with Gasteiger partial charge >= 0.3 is 18.1 Å². The number of likely N-dealkylation sites (N-methyl/N-ethyl adjacent to an activating group) is 1. The number of thiophene rings is 1. The van der Waals surface area contributed by atoms with Gasteiger partial charge in [0.2, 0.25) is 0 Å². The Hall–Kier alpha value is -4.79. The third kappa shape index (κ3) is 5.69. The third-order valence-corrected chi connectivity index (χ3v) is 12.2. The predicted molar refractivity (Wildman–Crippen MR) is 191 cm³/mol. The molecule has 12 nitrogen and oxygen atoms in total. The van der Waals surface area contributed by atoms with E-state index in [1.165, 1.54) is 18.2 Å². The minimum absolute atomic E-state index is 0.00526. The van der Waals surface area contributed by atoms with Crippen LogP contribution in [0.15, 0.2) is 24.5 Å². The lowest BCUT2D eigenvalue weighted by Crippen LogP contribution is -2.47. The van der Waals surface area contributed by atoms with E-state index >= 15 is 4.39 Å². The van der Waals surface area contributed by atoms with Crippen LogP contribution in [0.5, 0.6) is 6.01 Å². The number of likely N-dealkylation sites (tertiary alicyclic amines) is 1. The van der Waals surface area contributed by atoms with Crippen LogP contribution in [0.2, 0.25) is 5.02 Å². The number of carbonyl (C=O) groups excluding carboxylic acids is 1. The number of amides is 1. The molecule has 276 valence electrons. The molecule has 2 N–H and O–H groups in total. The molecule has 53 heavy (non-hydrogen) atoms. The molecule has 6 heterocycles. The lowest BCUT2D eigenvalue weighted by atomic mass is 9.95. The van der Waals surface area contributed by atoms with Crippen LogP contribution in [0.25, 0.3) is 32.1 Å². The number of nitrogen functional groups attached to an aromatic ring is 1. The zero-order valence-corrected chi connectivity index (χ0v) is 30.2. The zero-order chi connectivity index (χ0) is 37.3. The number of ether oxygens (including phenoxy) is 1. The highest BCUT2D eigenvalue weighted by Gasteiger charge is 2.49. The number of nitrogens with zero attached hydrogens (tertiary/aromatic N) is 9. The molecule has 3 aromatic heterocycles. The van der Waals surface area contributed by atoms with Crippen LogP contribution >= 0.6 is 22.9 Å². The third-order valence-electron chi connectivity index (χ3n) is 10.9. The van der Waals surface area contributed by atoms with Gasteiger partial charge in [0.1, 0.15) is 47.3 Å². The molecule has 2 aromatic carbocycles. The average molecular weight is 769 g/mol. The maximum absolute atomic E-state index is 17.2. The van der Waals surface area contributed by atoms with Gasteiger partial charge in [-0.3, -0.25) is 4.90 Å². The first-order valence-corrected chi connectivity index (χ1v) is 18.4. The van der Waals surface area contributed by atoms with E-state index in [0.717, 1.165) is 41.7 Å². The van der Waals surface area contributed by atoms with E-state index < -0.39 is 41.5 Å². The van der Waals surface area contributed by atoms with Gasteiger partial charge in [0.05, 0.1) is 32.9 Å². The van der Waals surface area contributed by atoms with E-state index in [0.29, 0.717) is 32.5 Å². The van der Waals surface area contributed by atoms with Crippen molar-refractivity contribution in [3.05, 3.63) is 52.8 Å². The Labute approximate surface area is 309 Å². The second-order valence-electron chi connectivity index (χ2n) is 13.7. The van der Waals surface area contributed by atoms with E-state index in [1.807, 2.05) is 24.8 Å². The number of aromatic nitrogens is 5. The van der Waals surface area contributed by atoms with Gasteiger partial charge in [-0.2, -0.15) is 29.3 Å². The first kappa shape index (κ1) is 35.3. The molecular weight excluding hydrogens is 736 g/mol. The van der Waals surface area contributed by atoms with Crippen LogP contribution in [0, 0.1) is 29.0 Å². The van der Waals surface area contributed by atoms with E-state index in [2.05, 4.69) is 20.0 Å². The number of alkyl halides is 1. The number of hydrogen-bond donors (Lipinski definition) is 1. The van der Waals surface area contributed by atoms with Gasteiger partial charge in [0.25, 0.3) is 0 Å². The molecule has 3 aliphatic rings. The summed E-state index contributed by atoms with van der Waals surface area (Å²) in [5.74, 6) is -1.18. The molecule has 0 spiro atoms. The van der Waals surface area contributed by atoms with Crippen LogP contribution < -0.4 is 15.4 Å². The highest BCUT2D eigenvalue weighted by Crippen LogP contribution is 2.46. The largest absolute Gasteiger partial charge is 0.461 e. The Kier molecular flexibility index (Phi) is 8.82. The van der Waals surface area contributed by atoms with E-state index in [4.69, 9.17) is 27.1 Å². The Morgan fingerprint density at radius 2 is 2.08 bits per heavy atom. The number of rotatable bonds is 7. The number of nitrogens with two attached hydrogens (primary N) is 1. The number of benzene rings is 2. The van der Waals surface area contributed by atoms with Gasteiger partial charge in [0.15, 0.2) is 5.82 Å². The lowest BCUT2D eigenvalue weighted by molar-refractivity contribution is 0.107. The first-order valence-electron chi connectivity index (χ1n) is 17.2. The van der Waals surface area contributed by atoms with Gasteiger partial charge in [-0.05, 0) is 57.4 Å². The molecule has 0 unspecified atom stereocenters. The van der Waals surface area contributed by atoms with Crippen molar-refractivity contribution in [1.82, 2.24) is 34.5 Å². The second-order valence-corrected chi connectivity index (χ2v) is 15.2. The number of nitriles is 1. The average Bonchev–Trinajstić information content (AvgIpc) is 3.95. The minimum atomic E-state index is -1.03. The normalized spacial score (nSPS) is 22.9. The van der Waals surface area contributed by atoms with E-state index in [9.17, 15) is 23.2 Å². The van der Waals surface area contributed by atoms with E-state index in [-0.39, 0.29) is 72.2 Å². The topological polar surface area (TPSA) is 142 Å². The van der Waals surface area contributed by atoms with Crippen LogP contribution in [0.4, 0.5) is 33.2 Å². The summed E-state index contributed by atoms with van der Waals surface area (Å²) >= 11 is 7.78. The molecule has 8 rings (SSSR count). The fraction of sp³-hybridized carbons (Fsp3) is 0.429. The summed E-state index contributed by atoms with van der Waals surface area (Å²) in [5.41, 5.74) is 5.45. The Bertz CT molecular complexity index is 2330. The number of anilines is 2. The highest BCUT2D eigenvalue weighted by molar-refractivity contribution is 7.23. The minimum Gasteiger partial charge on any atom is -0.461 e. The molecule has 3 fully saturated rings. The van der Waals surface area contributed by atoms with Crippen molar-refractivity contribution in [3.8, 4) is 23.2 Å². The molecule has 3 saturated heterocycles. The molecular formula is C35H33ClF4N10O2S. The number of hydrogen-bond acceptors (Lipinski definition) is 11. The van der Waals surface area contributed by atoms with Gasteiger partial charge in [-0.15, -0.1) is 16.4 Å². The number of fused-ring (bicyclic) bond motifs is 3. The van der Waals surface area contributed by atoms with Gasteiger partial charge in [-0.25, -0.2) is 18.0 Å². The lowest BCUT2D eigenvalue weighted by Gasteiger charge is -2.34. The molecule has 3 aliphatic heterocycles. The Morgan fingerprint density at radius 1 is 1.26 bits per heavy atom. The van der Waals surface area contributed by atoms with Crippen LogP contribution in [0.1, 0.15) is 45.1 Å². The van der Waals surface area contributed by atoms with Gasteiger partial charge in [0, 0.05) is 42.4 Å². The summed E-state index contributed by atoms with van der Waals surface area (Å²) in [7, 11) is 0. The standard InChI is InChI=1S/C35H33ClF4N10O2S/c1-3-48(24-7-10-49(17(24)2)34(51)50-16-43-32(40)46-50)31-20-11-22(36)26(19-5-6-23(38)29-25(19)21(13-41)30(42)53-29)27(39)28(20)44-33(45-31)52-15-35-8-4-9-47(35)14-18(37)12-35/h5-6,11,16-18,24H,3-4,7-10,12,14-15,42H2,1-2H3/t17-,18-,24-,35+/m1/s1. The molecule has 18 heteroatoms. The fourth-order valence-electron chi connectivity index (χ4n) is 8.46. The quantitative estimate of drug-likeness (QED) is 0.182. The monoisotopic (exact) mass is 768 g/mol. The summed E-state index contributed by atoms with van der Waals surface area (Å²) in [4.78, 5) is 31.6. The predicted octanol–water partition coefficient (Wildman–Crippen LogP) is 6.54. The molecule has 0 saturated carbocycles. The summed E-state index contributed by atoms with van der Waals surface area (Å²) in [5, 5.41) is 13.9. The summed E-state index contributed by atoms with van der Waals surface area (Å²) in [6, 6.07) is 4.58. The Balaban J connectivity index is 1.26. The molecule has 5 aromatic rings. The van der Waals surface area contributed by atoms with Crippen molar-refractivity contribution in [2.45, 2.75) is 63.3 Å². The van der Waals surface area contributed by atoms with Crippen molar-refractivity contribution in [3.63, 3.8) is 0 Å². The summed E-state index contributed by atoms with van der Waals surface area (Å²) in [6.07, 6.45) is 1.39. The van der Waals surface area contributed by atoms with Crippen molar-refractivity contribution >= 4 is 60.8 Å². The fourth-order valence-corrected chi connectivity index (χ4v) is 9.71. The first-order chi connectivity index (χ1) is 25.4. The number of halogens is 5. The number of carbonyl (C=O) groups is 1. The van der Waals surface area contributed by atoms with Crippen molar-refractivity contribution in [2.75, 3.05) is 43.4 Å². The van der Waals surface area contributed by atoms with Crippen molar-refractivity contribution in [1.29, 1.82) is 5.26 Å². The molecule has 4 atom stereocenters. The smallest absolute Gasteiger partial charge is 0.346 e. The van der Waals surface area contributed by atoms with Crippen LogP contribution in [-0.4, -0.2) is 97.1 Å². The molecule has 0 radical (unpaired) electrons. The summed E-state index contributed by atoms with van der Waals surface area (Å²) < 4.78 is 67.6. The van der Waals surface area contributed by atoms with Crippen molar-refractivity contribution in [2.24, 2.45) is 0 Å². The van der Waals surface area contributed by atoms with Crippen LogP contribution in [-0.2, 0) is 0 Å². The summed E-state index contributed by atoms with van der Waals surface area (Å²) in [6.45, 7) is 5.55. The SMILES string of the molecule is CCN(c1nc(OC[C@@]23CCCN2C[C@H](F)C3)nc2c(F)c(-c3ccc(F)c4sc(N)c(C#N)c34)c(Cl)cc12)[C@@H]1CCN(C(=O)n2cnc(F)n2)[C@@H]1C. The van der Waals surface area contributed by atoms with Gasteiger partial charge in [-0.1, -0.05) is 17.7 Å². The van der Waals surface area contributed by atoms with E-state index in [1.54, 1.807) is 4.90 Å². The van der Waals surface area contributed by atoms with Gasteiger partial charge < -0.3 is 20.3 Å². The van der Waals surface area contributed by atoms with Crippen LogP contribution in [0.3, 0.4) is 0 Å². The highest BCUT2D eigenvalue weighted by atomic mass is 35.5. The molecule has 0 bridgehead atoms. The maximum Gasteiger partial charge on any atom is 0.346 e. The van der Waals surface area contributed by atoms with Crippen molar-refractivity contribution < 1.29 is 27.1 Å².